The van der Waals surface area contributed by atoms with Gasteiger partial charge in [0, 0.05) is 37.4 Å². The Morgan fingerprint density at radius 3 is 1.54 bits per heavy atom. The highest BCUT2D eigenvalue weighted by atomic mass is 16.6. The lowest BCUT2D eigenvalue weighted by Gasteiger charge is -2.01. The quantitative estimate of drug-likeness (QED) is 0.105. The maximum absolute atomic E-state index is 11.9. The maximum atomic E-state index is 11.9. The number of esters is 2. The summed E-state index contributed by atoms with van der Waals surface area (Å²) in [5, 5.41) is 9.08. The van der Waals surface area contributed by atoms with Crippen LogP contribution in [0.15, 0.2) is 103 Å². The van der Waals surface area contributed by atoms with Gasteiger partial charge in [0.1, 0.15) is 5.69 Å². The average Bonchev–Trinajstić information content (AvgIpc) is 3.75. The molecule has 0 fully saturated rings. The first-order valence-electron chi connectivity index (χ1n) is 17.4. The van der Waals surface area contributed by atoms with E-state index in [4.69, 9.17) is 0 Å². The van der Waals surface area contributed by atoms with E-state index in [1.54, 1.807) is 11.4 Å². The lowest BCUT2D eigenvalue weighted by atomic mass is 10.0. The van der Waals surface area contributed by atoms with Crippen LogP contribution in [0.3, 0.4) is 0 Å². The highest BCUT2D eigenvalue weighted by Crippen LogP contribution is 2.27. The van der Waals surface area contributed by atoms with Crippen molar-refractivity contribution in [1.29, 1.82) is 0 Å². The summed E-state index contributed by atoms with van der Waals surface area (Å²) in [4.78, 5) is 31.6. The van der Waals surface area contributed by atoms with E-state index >= 15 is 0 Å². The minimum Gasteiger partial charge on any atom is -0.394 e. The van der Waals surface area contributed by atoms with Gasteiger partial charge >= 0.3 is 11.9 Å². The fourth-order valence-electron chi connectivity index (χ4n) is 4.43. The summed E-state index contributed by atoms with van der Waals surface area (Å²) in [6.07, 6.45) is 3.83. The van der Waals surface area contributed by atoms with Crippen LogP contribution in [0, 0.1) is 13.8 Å². The van der Waals surface area contributed by atoms with E-state index in [0.29, 0.717) is 5.56 Å². The SMILES string of the molecule is CC.CC.CC.CC.CC(=O)OC(C)=O.CC(=O)c1c(-c2cccc(C)c2)nn2ccccc12.Cc1cccc(-c2cc3ccccn3n2)c1. The molecule has 0 saturated carbocycles. The van der Waals surface area contributed by atoms with Crippen molar-refractivity contribution in [2.24, 2.45) is 0 Å². The Balaban J connectivity index is 0.000000701. The molecular weight excluding hydrogens is 624 g/mol. The van der Waals surface area contributed by atoms with Crippen molar-refractivity contribution in [3.05, 3.63) is 120 Å². The molecular formula is C42H56N4O4. The molecule has 0 aliphatic carbocycles. The molecule has 6 rings (SSSR count). The van der Waals surface area contributed by atoms with E-state index in [1.165, 1.54) is 25.0 Å². The van der Waals surface area contributed by atoms with Gasteiger partial charge in [-0.05, 0) is 63.2 Å². The molecule has 8 heteroatoms. The summed E-state index contributed by atoms with van der Waals surface area (Å²) in [6.45, 7) is 24.1. The number of nitrogens with zero attached hydrogens (tertiary/aromatic N) is 4. The number of aromatic nitrogens is 4. The van der Waals surface area contributed by atoms with Gasteiger partial charge in [-0.3, -0.25) is 14.4 Å². The van der Waals surface area contributed by atoms with Crippen molar-refractivity contribution in [3.8, 4) is 22.5 Å². The third-order valence-corrected chi connectivity index (χ3v) is 6.15. The molecule has 268 valence electrons. The standard InChI is InChI=1S/C16H14N2O.C14H12N2.C4H6O3.4C2H6/c1-11-6-5-7-13(10-11)16-15(12(2)19)14-8-3-4-9-18(14)17-16;1-11-5-4-6-12(9-11)14-10-13-7-2-3-8-16(13)15-14;1-3(5)7-4(2)6;4*1-2/h3-10H,1-2H3;2-10H,1H3;1-2H3;4*1-2H3. The number of pyridine rings is 2. The molecule has 0 bridgehead atoms. The normalized spacial score (nSPS) is 9.14. The smallest absolute Gasteiger partial charge is 0.310 e. The number of hydrogen-bond donors (Lipinski definition) is 0. The number of carbonyl (C=O) groups is 3. The molecule has 8 nitrogen and oxygen atoms in total. The van der Waals surface area contributed by atoms with Crippen molar-refractivity contribution < 1.29 is 19.1 Å². The monoisotopic (exact) mass is 680 g/mol. The molecule has 6 aromatic rings. The van der Waals surface area contributed by atoms with E-state index in [2.05, 4.69) is 58.3 Å². The lowest BCUT2D eigenvalue weighted by Crippen LogP contribution is -2.03. The zero-order valence-electron chi connectivity index (χ0n) is 32.2. The van der Waals surface area contributed by atoms with Crippen molar-refractivity contribution >= 4 is 28.8 Å². The summed E-state index contributed by atoms with van der Waals surface area (Å²) < 4.78 is 7.63. The van der Waals surface area contributed by atoms with Crippen molar-refractivity contribution in [2.75, 3.05) is 0 Å². The molecule has 0 aliphatic rings. The summed E-state index contributed by atoms with van der Waals surface area (Å²) in [5.74, 6) is -1.09. The molecule has 0 amide bonds. The highest BCUT2D eigenvalue weighted by molar-refractivity contribution is 6.06. The van der Waals surface area contributed by atoms with Crippen LogP contribution in [0.5, 0.6) is 0 Å². The first-order chi connectivity index (χ1) is 24.1. The van der Waals surface area contributed by atoms with Gasteiger partial charge in [0.15, 0.2) is 5.78 Å². The Labute approximate surface area is 299 Å². The highest BCUT2D eigenvalue weighted by Gasteiger charge is 2.17. The van der Waals surface area contributed by atoms with Gasteiger partial charge in [-0.2, -0.15) is 10.2 Å². The van der Waals surface area contributed by atoms with Crippen molar-refractivity contribution in [3.63, 3.8) is 0 Å². The Kier molecular flexibility index (Phi) is 22.1. The van der Waals surface area contributed by atoms with Gasteiger partial charge in [-0.25, -0.2) is 9.03 Å². The molecule has 4 aromatic heterocycles. The van der Waals surface area contributed by atoms with Crippen LogP contribution in [0.1, 0.15) is 97.6 Å². The zero-order valence-corrected chi connectivity index (χ0v) is 32.2. The molecule has 0 atom stereocenters. The fraction of sp³-hybridized carbons (Fsp3) is 0.310. The number of ether oxygens (including phenoxy) is 1. The maximum Gasteiger partial charge on any atom is 0.310 e. The van der Waals surface area contributed by atoms with Gasteiger partial charge in [0.05, 0.1) is 22.3 Å². The van der Waals surface area contributed by atoms with Crippen molar-refractivity contribution in [1.82, 2.24) is 19.2 Å². The molecule has 0 aliphatic heterocycles. The molecule has 4 heterocycles. The van der Waals surface area contributed by atoms with Crippen LogP contribution >= 0.6 is 0 Å². The van der Waals surface area contributed by atoms with E-state index in [-0.39, 0.29) is 5.78 Å². The van der Waals surface area contributed by atoms with E-state index in [1.807, 2.05) is 134 Å². The Morgan fingerprint density at radius 2 is 1.06 bits per heavy atom. The third kappa shape index (κ3) is 14.0. The Bertz CT molecular complexity index is 1840. The van der Waals surface area contributed by atoms with Crippen molar-refractivity contribution in [2.45, 2.75) is 90.0 Å². The zero-order chi connectivity index (χ0) is 38.2. The molecule has 50 heavy (non-hydrogen) atoms. The van der Waals surface area contributed by atoms with E-state index in [9.17, 15) is 14.4 Å². The first kappa shape index (κ1) is 44.6. The molecule has 0 unspecified atom stereocenters. The van der Waals surface area contributed by atoms with Gasteiger partial charge in [0.2, 0.25) is 0 Å². The molecule has 0 spiro atoms. The van der Waals surface area contributed by atoms with E-state index < -0.39 is 11.9 Å². The predicted molar refractivity (Wildman–Crippen MR) is 209 cm³/mol. The Morgan fingerprint density at radius 1 is 0.560 bits per heavy atom. The predicted octanol–water partition coefficient (Wildman–Crippen LogP) is 11.0. The minimum atomic E-state index is -0.562. The number of fused-ring (bicyclic) bond motifs is 2. The topological polar surface area (TPSA) is 95.0 Å². The second kappa shape index (κ2) is 24.7. The molecule has 2 aromatic carbocycles. The number of ketones is 1. The lowest BCUT2D eigenvalue weighted by molar-refractivity contribution is -0.156. The summed E-state index contributed by atoms with van der Waals surface area (Å²) in [5.41, 5.74) is 9.00. The second-order valence-electron chi connectivity index (χ2n) is 9.73. The van der Waals surface area contributed by atoms with Gasteiger partial charge in [0.25, 0.3) is 0 Å². The number of Topliss-reactive ketones (excluding diaryl/α,β-unsaturated/α-hetero) is 1. The van der Waals surface area contributed by atoms with Crippen LogP contribution in [-0.2, 0) is 14.3 Å². The van der Waals surface area contributed by atoms with Crippen LogP contribution in [-0.4, -0.2) is 37.0 Å². The summed E-state index contributed by atoms with van der Waals surface area (Å²) in [7, 11) is 0. The first-order valence-corrected chi connectivity index (χ1v) is 17.4. The van der Waals surface area contributed by atoms with Gasteiger partial charge in [-0.1, -0.05) is 115 Å². The van der Waals surface area contributed by atoms with Crippen LogP contribution < -0.4 is 0 Å². The number of rotatable bonds is 3. The number of aryl methyl sites for hydroxylation is 2. The average molecular weight is 681 g/mol. The van der Waals surface area contributed by atoms with Crippen LogP contribution in [0.25, 0.3) is 33.5 Å². The number of carbonyl (C=O) groups excluding carboxylic acids is 3. The molecule has 0 radical (unpaired) electrons. The summed E-state index contributed by atoms with van der Waals surface area (Å²) in [6, 6.07) is 30.4. The van der Waals surface area contributed by atoms with Gasteiger partial charge in [-0.15, -0.1) is 0 Å². The second-order valence-corrected chi connectivity index (χ2v) is 9.73. The number of hydrogen-bond acceptors (Lipinski definition) is 6. The third-order valence-electron chi connectivity index (χ3n) is 6.15. The van der Waals surface area contributed by atoms with E-state index in [0.717, 1.165) is 33.5 Å². The molecule has 0 saturated heterocycles. The molecule has 0 N–H and O–H groups in total. The minimum absolute atomic E-state index is 0.0395. The largest absolute Gasteiger partial charge is 0.394 e. The fourth-order valence-corrected chi connectivity index (χ4v) is 4.43. The van der Waals surface area contributed by atoms with Gasteiger partial charge < -0.3 is 4.74 Å². The number of benzene rings is 2. The van der Waals surface area contributed by atoms with Crippen LogP contribution in [0.2, 0.25) is 0 Å². The summed E-state index contributed by atoms with van der Waals surface area (Å²) >= 11 is 0. The van der Waals surface area contributed by atoms with Crippen LogP contribution in [0.4, 0.5) is 0 Å². The Hall–Kier alpha value is -5.37.